The smallest absolute Gasteiger partial charge is 0.409 e. The lowest BCUT2D eigenvalue weighted by molar-refractivity contribution is 0.0565. The summed E-state index contributed by atoms with van der Waals surface area (Å²) < 4.78 is 5.01. The van der Waals surface area contributed by atoms with Crippen LogP contribution in [0.2, 0.25) is 0 Å². The largest absolute Gasteiger partial charge is 0.450 e. The maximum absolute atomic E-state index is 12.7. The quantitative estimate of drug-likeness (QED) is 0.791. The Labute approximate surface area is 170 Å². The molecule has 2 aromatic rings. The average molecular weight is 395 g/mol. The summed E-state index contributed by atoms with van der Waals surface area (Å²) in [5.41, 5.74) is 3.02. The van der Waals surface area contributed by atoms with Crippen molar-refractivity contribution in [1.29, 1.82) is 0 Å². The van der Waals surface area contributed by atoms with E-state index in [0.29, 0.717) is 38.5 Å². The van der Waals surface area contributed by atoms with Gasteiger partial charge < -0.3 is 19.4 Å². The van der Waals surface area contributed by atoms with Gasteiger partial charge in [-0.05, 0) is 24.5 Å². The lowest BCUT2D eigenvalue weighted by atomic mass is 10.0. The number of carbonyl (C=O) groups excluding carboxylic acids is 2. The van der Waals surface area contributed by atoms with Crippen molar-refractivity contribution in [3.63, 3.8) is 0 Å². The first kappa shape index (κ1) is 19.2. The molecule has 8 nitrogen and oxygen atoms in total. The summed E-state index contributed by atoms with van der Waals surface area (Å²) in [6.45, 7) is 5.66. The normalized spacial score (nSPS) is 16.4. The van der Waals surface area contributed by atoms with Gasteiger partial charge in [0, 0.05) is 39.3 Å². The van der Waals surface area contributed by atoms with Crippen molar-refractivity contribution < 1.29 is 14.3 Å². The van der Waals surface area contributed by atoms with Crippen LogP contribution in [0, 0.1) is 0 Å². The molecule has 0 aliphatic carbocycles. The van der Waals surface area contributed by atoms with Gasteiger partial charge in [0.2, 0.25) is 0 Å². The van der Waals surface area contributed by atoms with Crippen LogP contribution in [0.15, 0.2) is 36.7 Å². The molecule has 2 amide bonds. The van der Waals surface area contributed by atoms with Crippen LogP contribution in [0.3, 0.4) is 0 Å². The number of amides is 2. The maximum Gasteiger partial charge on any atom is 0.409 e. The number of ether oxygens (including phenoxy) is 1. The molecule has 1 aromatic heterocycles. The Bertz CT molecular complexity index is 878. The minimum atomic E-state index is -0.327. The number of piperazine rings is 1. The highest BCUT2D eigenvalue weighted by Crippen LogP contribution is 2.22. The van der Waals surface area contributed by atoms with Crippen molar-refractivity contribution in [1.82, 2.24) is 19.8 Å². The van der Waals surface area contributed by atoms with Crippen LogP contribution in [0.1, 0.15) is 28.5 Å². The Kier molecular flexibility index (Phi) is 5.59. The molecular formula is C21H25N5O3. The number of hydrogen-bond acceptors (Lipinski definition) is 6. The molecule has 1 fully saturated rings. The number of hydrogen-bond donors (Lipinski definition) is 0. The zero-order chi connectivity index (χ0) is 20.2. The van der Waals surface area contributed by atoms with E-state index in [2.05, 4.69) is 39.1 Å². The van der Waals surface area contributed by atoms with Gasteiger partial charge in [0.15, 0.2) is 0 Å². The van der Waals surface area contributed by atoms with E-state index < -0.39 is 0 Å². The third-order valence-electron chi connectivity index (χ3n) is 5.40. The number of carbonyl (C=O) groups is 2. The molecule has 0 N–H and O–H groups in total. The van der Waals surface area contributed by atoms with Crippen molar-refractivity contribution in [3.8, 4) is 0 Å². The first-order valence-electron chi connectivity index (χ1n) is 10.0. The fourth-order valence-corrected chi connectivity index (χ4v) is 3.76. The molecule has 0 saturated carbocycles. The minimum absolute atomic E-state index is 0.156. The molecule has 152 valence electrons. The van der Waals surface area contributed by atoms with E-state index in [4.69, 9.17) is 4.74 Å². The third-order valence-corrected chi connectivity index (χ3v) is 5.40. The van der Waals surface area contributed by atoms with Crippen LogP contribution >= 0.6 is 0 Å². The molecule has 0 unspecified atom stereocenters. The van der Waals surface area contributed by atoms with Gasteiger partial charge in [-0.1, -0.05) is 24.3 Å². The Morgan fingerprint density at radius 1 is 0.966 bits per heavy atom. The molecule has 29 heavy (non-hydrogen) atoms. The summed E-state index contributed by atoms with van der Waals surface area (Å²) in [7, 11) is 0. The summed E-state index contributed by atoms with van der Waals surface area (Å²) in [4.78, 5) is 38.9. The van der Waals surface area contributed by atoms with Crippen LogP contribution in [0.25, 0.3) is 0 Å². The zero-order valence-electron chi connectivity index (χ0n) is 16.6. The Morgan fingerprint density at radius 3 is 2.38 bits per heavy atom. The number of anilines is 1. The lowest BCUT2D eigenvalue weighted by Gasteiger charge is -2.34. The second-order valence-corrected chi connectivity index (χ2v) is 7.18. The molecule has 3 heterocycles. The Morgan fingerprint density at radius 2 is 1.69 bits per heavy atom. The van der Waals surface area contributed by atoms with Crippen LogP contribution in [-0.2, 0) is 17.7 Å². The van der Waals surface area contributed by atoms with Gasteiger partial charge in [-0.3, -0.25) is 4.79 Å². The molecule has 8 heteroatoms. The number of nitrogens with zero attached hydrogens (tertiary/aromatic N) is 5. The second kappa shape index (κ2) is 8.46. The Balaban J connectivity index is 1.36. The molecule has 1 saturated heterocycles. The van der Waals surface area contributed by atoms with Gasteiger partial charge in [-0.2, -0.15) is 0 Å². The Hall–Kier alpha value is -3.16. The van der Waals surface area contributed by atoms with E-state index in [1.54, 1.807) is 29.1 Å². The summed E-state index contributed by atoms with van der Waals surface area (Å²) >= 11 is 0. The molecule has 0 radical (unpaired) electrons. The number of rotatable bonds is 3. The van der Waals surface area contributed by atoms with Crippen LogP contribution in [-0.4, -0.2) is 71.1 Å². The maximum atomic E-state index is 12.7. The predicted molar refractivity (Wildman–Crippen MR) is 108 cm³/mol. The van der Waals surface area contributed by atoms with Crippen LogP contribution < -0.4 is 4.90 Å². The minimum Gasteiger partial charge on any atom is -0.450 e. The molecule has 1 aromatic carbocycles. The number of fused-ring (bicyclic) bond motifs is 1. The van der Waals surface area contributed by atoms with Crippen LogP contribution in [0.5, 0.6) is 0 Å². The molecule has 0 bridgehead atoms. The fraction of sp³-hybridized carbons (Fsp3) is 0.429. The van der Waals surface area contributed by atoms with Gasteiger partial charge in [0.25, 0.3) is 5.91 Å². The van der Waals surface area contributed by atoms with E-state index in [9.17, 15) is 9.59 Å². The van der Waals surface area contributed by atoms with Gasteiger partial charge >= 0.3 is 6.09 Å². The van der Waals surface area contributed by atoms with Gasteiger partial charge in [0.1, 0.15) is 11.5 Å². The topological polar surface area (TPSA) is 78.9 Å². The standard InChI is InChI=1S/C21H25N5O3/c1-2-29-21(28)25-11-9-24(10-12-25)20(27)18-13-23-19(14-22-18)26-8-7-16-5-3-4-6-17(16)15-26/h3-6,13-14H,2,7-12,15H2,1H3. The fourth-order valence-electron chi connectivity index (χ4n) is 3.76. The van der Waals surface area contributed by atoms with Crippen molar-refractivity contribution in [2.45, 2.75) is 19.9 Å². The highest BCUT2D eigenvalue weighted by Gasteiger charge is 2.26. The van der Waals surface area contributed by atoms with Crippen molar-refractivity contribution in [3.05, 3.63) is 53.5 Å². The molecule has 0 spiro atoms. The SMILES string of the molecule is CCOC(=O)N1CCN(C(=O)c2cnc(N3CCc4ccccc4C3)cn2)CC1. The summed E-state index contributed by atoms with van der Waals surface area (Å²) in [6.07, 6.45) is 3.88. The molecule has 4 rings (SSSR count). The van der Waals surface area contributed by atoms with E-state index in [1.165, 1.54) is 11.1 Å². The molecular weight excluding hydrogens is 370 g/mol. The molecule has 0 atom stereocenters. The summed E-state index contributed by atoms with van der Waals surface area (Å²) in [6, 6.07) is 8.43. The average Bonchev–Trinajstić information content (AvgIpc) is 2.78. The summed E-state index contributed by atoms with van der Waals surface area (Å²) in [5, 5.41) is 0. The number of benzene rings is 1. The van der Waals surface area contributed by atoms with Gasteiger partial charge in [-0.25, -0.2) is 14.8 Å². The summed E-state index contributed by atoms with van der Waals surface area (Å²) in [5.74, 6) is 0.625. The second-order valence-electron chi connectivity index (χ2n) is 7.18. The molecule has 2 aliphatic rings. The lowest BCUT2D eigenvalue weighted by Crippen LogP contribution is -2.50. The van der Waals surface area contributed by atoms with Gasteiger partial charge in [0.05, 0.1) is 19.0 Å². The van der Waals surface area contributed by atoms with Crippen molar-refractivity contribution >= 4 is 17.8 Å². The first-order chi connectivity index (χ1) is 14.2. The van der Waals surface area contributed by atoms with E-state index in [1.807, 2.05) is 0 Å². The van der Waals surface area contributed by atoms with Crippen molar-refractivity contribution in [2.75, 3.05) is 44.2 Å². The highest BCUT2D eigenvalue weighted by atomic mass is 16.6. The highest BCUT2D eigenvalue weighted by molar-refractivity contribution is 5.92. The third kappa shape index (κ3) is 4.16. The zero-order valence-corrected chi connectivity index (χ0v) is 16.6. The van der Waals surface area contributed by atoms with E-state index in [-0.39, 0.29) is 12.0 Å². The van der Waals surface area contributed by atoms with E-state index >= 15 is 0 Å². The number of aromatic nitrogens is 2. The van der Waals surface area contributed by atoms with Crippen molar-refractivity contribution in [2.24, 2.45) is 0 Å². The van der Waals surface area contributed by atoms with Gasteiger partial charge in [-0.15, -0.1) is 0 Å². The molecule has 2 aliphatic heterocycles. The monoisotopic (exact) mass is 395 g/mol. The van der Waals surface area contributed by atoms with E-state index in [0.717, 1.165) is 25.3 Å². The van der Waals surface area contributed by atoms with Crippen LogP contribution in [0.4, 0.5) is 10.6 Å². The predicted octanol–water partition coefficient (Wildman–Crippen LogP) is 1.95. The first-order valence-corrected chi connectivity index (χ1v) is 10.0.